The molecule has 1 fully saturated rings. The molecule has 1 aliphatic heterocycles. The molecule has 0 saturated carbocycles. The van der Waals surface area contributed by atoms with Crippen molar-refractivity contribution in [1.82, 2.24) is 10.2 Å². The van der Waals surface area contributed by atoms with E-state index in [-0.39, 0.29) is 5.82 Å². The van der Waals surface area contributed by atoms with Gasteiger partial charge in [0.25, 0.3) is 0 Å². The Kier molecular flexibility index (Phi) is 4.16. The van der Waals surface area contributed by atoms with E-state index < -0.39 is 0 Å². The fourth-order valence-corrected chi connectivity index (χ4v) is 2.14. The fraction of sp³-hybridized carbons (Fsp3) is 0.500. The van der Waals surface area contributed by atoms with Crippen LogP contribution in [0.2, 0.25) is 5.02 Å². The second kappa shape index (κ2) is 5.62. The van der Waals surface area contributed by atoms with E-state index >= 15 is 0 Å². The number of nitrogens with one attached hydrogen (secondary N) is 1. The number of nitrogens with zero attached hydrogens (tertiary/aromatic N) is 1. The van der Waals surface area contributed by atoms with Gasteiger partial charge in [0, 0.05) is 24.7 Å². The van der Waals surface area contributed by atoms with Crippen LogP contribution in [-0.4, -0.2) is 31.1 Å². The molecule has 1 aliphatic rings. The van der Waals surface area contributed by atoms with Crippen LogP contribution in [0.5, 0.6) is 0 Å². The van der Waals surface area contributed by atoms with Crippen molar-refractivity contribution >= 4 is 11.6 Å². The lowest BCUT2D eigenvalue weighted by Gasteiger charge is -2.20. The molecule has 0 spiro atoms. The van der Waals surface area contributed by atoms with Gasteiger partial charge in [0.15, 0.2) is 0 Å². The van der Waals surface area contributed by atoms with E-state index in [1.54, 1.807) is 6.07 Å². The second-order valence-electron chi connectivity index (χ2n) is 4.12. The van der Waals surface area contributed by atoms with Crippen molar-refractivity contribution < 1.29 is 4.39 Å². The van der Waals surface area contributed by atoms with Crippen LogP contribution in [0, 0.1) is 5.82 Å². The van der Waals surface area contributed by atoms with Crippen molar-refractivity contribution in [2.45, 2.75) is 13.0 Å². The fourth-order valence-electron chi connectivity index (χ4n) is 1.97. The minimum Gasteiger partial charge on any atom is -0.315 e. The van der Waals surface area contributed by atoms with E-state index in [9.17, 15) is 4.39 Å². The van der Waals surface area contributed by atoms with E-state index in [0.717, 1.165) is 44.7 Å². The summed E-state index contributed by atoms with van der Waals surface area (Å²) in [6, 6.07) is 4.55. The molecule has 0 radical (unpaired) electrons. The predicted molar refractivity (Wildman–Crippen MR) is 64.2 cm³/mol. The molecule has 1 aromatic carbocycles. The third-order valence-electron chi connectivity index (χ3n) is 2.83. The highest BCUT2D eigenvalue weighted by molar-refractivity contribution is 6.31. The highest BCUT2D eigenvalue weighted by Gasteiger charge is 2.11. The SMILES string of the molecule is Fc1ccc(Cl)c(CN2CCCNCC2)c1. The standard InChI is InChI=1S/C12H16ClFN2/c13-12-3-2-11(14)8-10(12)9-16-6-1-4-15-5-7-16/h2-3,8,15H,1,4-7,9H2. The third kappa shape index (κ3) is 3.17. The Bertz CT molecular complexity index is 349. The van der Waals surface area contributed by atoms with Crippen molar-refractivity contribution in [2.24, 2.45) is 0 Å². The van der Waals surface area contributed by atoms with Gasteiger partial charge < -0.3 is 5.32 Å². The molecule has 2 rings (SSSR count). The van der Waals surface area contributed by atoms with Crippen molar-refractivity contribution in [3.05, 3.63) is 34.6 Å². The van der Waals surface area contributed by atoms with Crippen LogP contribution in [0.15, 0.2) is 18.2 Å². The number of rotatable bonds is 2. The molecular weight excluding hydrogens is 227 g/mol. The van der Waals surface area contributed by atoms with E-state index in [1.807, 2.05) is 0 Å². The first kappa shape index (κ1) is 11.8. The number of hydrogen-bond acceptors (Lipinski definition) is 2. The molecule has 88 valence electrons. The van der Waals surface area contributed by atoms with Gasteiger partial charge >= 0.3 is 0 Å². The monoisotopic (exact) mass is 242 g/mol. The van der Waals surface area contributed by atoms with Gasteiger partial charge in [0.2, 0.25) is 0 Å². The smallest absolute Gasteiger partial charge is 0.123 e. The summed E-state index contributed by atoms with van der Waals surface area (Å²) in [4.78, 5) is 2.31. The summed E-state index contributed by atoms with van der Waals surface area (Å²) in [5, 5.41) is 3.99. The van der Waals surface area contributed by atoms with Gasteiger partial charge in [-0.05, 0) is 43.3 Å². The van der Waals surface area contributed by atoms with Crippen LogP contribution in [0.4, 0.5) is 4.39 Å². The summed E-state index contributed by atoms with van der Waals surface area (Å²) in [6.45, 7) is 4.82. The molecule has 1 aromatic rings. The van der Waals surface area contributed by atoms with Gasteiger partial charge in [0.1, 0.15) is 5.82 Å². The molecule has 1 N–H and O–H groups in total. The average Bonchev–Trinajstić information content (AvgIpc) is 2.52. The largest absolute Gasteiger partial charge is 0.315 e. The van der Waals surface area contributed by atoms with Crippen molar-refractivity contribution in [1.29, 1.82) is 0 Å². The molecular formula is C12H16ClFN2. The molecule has 0 unspecified atom stereocenters. The summed E-state index contributed by atoms with van der Waals surface area (Å²) in [5.41, 5.74) is 0.878. The van der Waals surface area contributed by atoms with Crippen LogP contribution in [0.1, 0.15) is 12.0 Å². The highest BCUT2D eigenvalue weighted by atomic mass is 35.5. The maximum Gasteiger partial charge on any atom is 0.123 e. The zero-order chi connectivity index (χ0) is 11.4. The van der Waals surface area contributed by atoms with E-state index in [0.29, 0.717) is 5.02 Å². The molecule has 0 bridgehead atoms. The number of hydrogen-bond donors (Lipinski definition) is 1. The van der Waals surface area contributed by atoms with Gasteiger partial charge in [-0.3, -0.25) is 4.90 Å². The van der Waals surface area contributed by atoms with Crippen molar-refractivity contribution in [2.75, 3.05) is 26.2 Å². The van der Waals surface area contributed by atoms with Crippen LogP contribution in [0.3, 0.4) is 0 Å². The molecule has 0 aliphatic carbocycles. The Morgan fingerprint density at radius 3 is 3.06 bits per heavy atom. The number of halogens is 2. The van der Waals surface area contributed by atoms with Crippen molar-refractivity contribution in [3.8, 4) is 0 Å². The zero-order valence-electron chi connectivity index (χ0n) is 9.18. The lowest BCUT2D eigenvalue weighted by Crippen LogP contribution is -2.27. The minimum absolute atomic E-state index is 0.215. The molecule has 16 heavy (non-hydrogen) atoms. The summed E-state index contributed by atoms with van der Waals surface area (Å²) >= 11 is 6.05. The van der Waals surface area contributed by atoms with Gasteiger partial charge in [-0.2, -0.15) is 0 Å². The zero-order valence-corrected chi connectivity index (χ0v) is 9.93. The number of benzene rings is 1. The summed E-state index contributed by atoms with van der Waals surface area (Å²) in [6.07, 6.45) is 1.13. The molecule has 0 amide bonds. The summed E-state index contributed by atoms with van der Waals surface area (Å²) < 4.78 is 13.1. The van der Waals surface area contributed by atoms with E-state index in [2.05, 4.69) is 10.2 Å². The first-order valence-corrected chi connectivity index (χ1v) is 6.00. The lowest BCUT2D eigenvalue weighted by molar-refractivity contribution is 0.284. The average molecular weight is 243 g/mol. The predicted octanol–water partition coefficient (Wildman–Crippen LogP) is 2.27. The van der Waals surface area contributed by atoms with Crippen LogP contribution < -0.4 is 5.32 Å². The van der Waals surface area contributed by atoms with Crippen LogP contribution >= 0.6 is 11.6 Å². The third-order valence-corrected chi connectivity index (χ3v) is 3.20. The molecule has 0 aromatic heterocycles. The van der Waals surface area contributed by atoms with E-state index in [1.165, 1.54) is 12.1 Å². The topological polar surface area (TPSA) is 15.3 Å². The first-order valence-electron chi connectivity index (χ1n) is 5.63. The Labute approximate surface area is 100 Å². The molecule has 4 heteroatoms. The Morgan fingerprint density at radius 1 is 1.31 bits per heavy atom. The van der Waals surface area contributed by atoms with E-state index in [4.69, 9.17) is 11.6 Å². The molecule has 2 nitrogen and oxygen atoms in total. The van der Waals surface area contributed by atoms with Crippen molar-refractivity contribution in [3.63, 3.8) is 0 Å². The molecule has 1 saturated heterocycles. The highest BCUT2D eigenvalue weighted by Crippen LogP contribution is 2.19. The Morgan fingerprint density at radius 2 is 2.19 bits per heavy atom. The quantitative estimate of drug-likeness (QED) is 0.856. The van der Waals surface area contributed by atoms with Gasteiger partial charge in [-0.1, -0.05) is 11.6 Å². The maximum absolute atomic E-state index is 13.1. The van der Waals surface area contributed by atoms with Crippen LogP contribution in [0.25, 0.3) is 0 Å². The van der Waals surface area contributed by atoms with Gasteiger partial charge in [-0.25, -0.2) is 4.39 Å². The molecule has 0 atom stereocenters. The molecule has 1 heterocycles. The summed E-state index contributed by atoms with van der Waals surface area (Å²) in [5.74, 6) is -0.215. The Hall–Kier alpha value is -0.640. The minimum atomic E-state index is -0.215. The Balaban J connectivity index is 2.04. The van der Waals surface area contributed by atoms with Gasteiger partial charge in [-0.15, -0.1) is 0 Å². The first-order chi connectivity index (χ1) is 7.75. The maximum atomic E-state index is 13.1. The lowest BCUT2D eigenvalue weighted by atomic mass is 10.2. The normalized spacial score (nSPS) is 18.4. The van der Waals surface area contributed by atoms with Crippen LogP contribution in [-0.2, 0) is 6.54 Å². The van der Waals surface area contributed by atoms with Gasteiger partial charge in [0.05, 0.1) is 0 Å². The second-order valence-corrected chi connectivity index (χ2v) is 4.52. The summed E-state index contributed by atoms with van der Waals surface area (Å²) in [7, 11) is 0.